The van der Waals surface area contributed by atoms with Crippen LogP contribution in [0.15, 0.2) is 23.2 Å². The van der Waals surface area contributed by atoms with Crippen molar-refractivity contribution in [2.75, 3.05) is 0 Å². The third-order valence-electron chi connectivity index (χ3n) is 10.2. The first-order valence-electron chi connectivity index (χ1n) is 11.9. The summed E-state index contributed by atoms with van der Waals surface area (Å²) in [7, 11) is -0.193. The zero-order valence-corrected chi connectivity index (χ0v) is 19.3. The molecular weight excluding hydrogens is 359 g/mol. The van der Waals surface area contributed by atoms with Crippen molar-refractivity contribution in [3.05, 3.63) is 23.2 Å². The van der Waals surface area contributed by atoms with E-state index in [0.717, 1.165) is 31.1 Å². The zero-order chi connectivity index (χ0) is 20.8. The lowest BCUT2D eigenvalue weighted by Crippen LogP contribution is -2.51. The number of rotatable bonds is 1. The van der Waals surface area contributed by atoms with E-state index < -0.39 is 0 Å². The Bertz CT molecular complexity index is 752. The molecule has 4 aliphatic carbocycles. The molecule has 0 aromatic rings. The van der Waals surface area contributed by atoms with Crippen LogP contribution >= 0.6 is 0 Å². The van der Waals surface area contributed by atoms with Crippen molar-refractivity contribution in [1.29, 1.82) is 0 Å². The molecule has 6 atom stereocenters. The highest BCUT2D eigenvalue weighted by Gasteiger charge is 2.61. The van der Waals surface area contributed by atoms with Crippen LogP contribution in [0.25, 0.3) is 0 Å². The van der Waals surface area contributed by atoms with Crippen molar-refractivity contribution in [2.45, 2.75) is 104 Å². The minimum atomic E-state index is -0.275. The predicted molar refractivity (Wildman–Crippen MR) is 117 cm³/mol. The van der Waals surface area contributed by atoms with Crippen LogP contribution in [0, 0.1) is 28.6 Å². The van der Waals surface area contributed by atoms with Crippen LogP contribution in [0.3, 0.4) is 0 Å². The average molecular weight is 398 g/mol. The Balaban J connectivity index is 1.42. The third kappa shape index (κ3) is 2.74. The van der Waals surface area contributed by atoms with Gasteiger partial charge in [0.15, 0.2) is 0 Å². The molecule has 1 N–H and O–H groups in total. The quantitative estimate of drug-likeness (QED) is 0.470. The maximum Gasteiger partial charge on any atom is 0.490 e. The van der Waals surface area contributed by atoms with Gasteiger partial charge in [-0.3, -0.25) is 0 Å². The summed E-state index contributed by atoms with van der Waals surface area (Å²) in [6.45, 7) is 13.6. The van der Waals surface area contributed by atoms with Crippen molar-refractivity contribution in [3.8, 4) is 0 Å². The standard InChI is InChI=1S/C25H39BO3/c1-22(2)23(3,4)29-26(28-22)21-10-9-19-18-8-7-16-15-17(27)11-13-24(16,5)20(18)12-14-25(19,21)6/h7,10,17-20,27H,8-9,11-15H2,1-6H3/t17-,18-,19-,20-,24-,25-/m0/s1. The first kappa shape index (κ1) is 20.3. The molecule has 1 aliphatic heterocycles. The summed E-state index contributed by atoms with van der Waals surface area (Å²) in [5.41, 5.74) is 2.91. The minimum Gasteiger partial charge on any atom is -0.400 e. The second-order valence-corrected chi connectivity index (χ2v) is 12.1. The van der Waals surface area contributed by atoms with E-state index in [1.807, 2.05) is 0 Å². The fraction of sp³-hybridized carbons (Fsp3) is 0.840. The number of fused-ring (bicyclic) bond motifs is 5. The second-order valence-electron chi connectivity index (χ2n) is 12.1. The summed E-state index contributed by atoms with van der Waals surface area (Å²) < 4.78 is 13.0. The molecule has 3 fully saturated rings. The van der Waals surface area contributed by atoms with Gasteiger partial charge in [0.1, 0.15) is 0 Å². The van der Waals surface area contributed by atoms with Crippen molar-refractivity contribution in [1.82, 2.24) is 0 Å². The third-order valence-corrected chi connectivity index (χ3v) is 10.2. The lowest BCUT2D eigenvalue weighted by Gasteiger charge is -2.57. The molecule has 4 heteroatoms. The van der Waals surface area contributed by atoms with E-state index in [0.29, 0.717) is 11.3 Å². The summed E-state index contributed by atoms with van der Waals surface area (Å²) in [4.78, 5) is 0. The lowest BCUT2D eigenvalue weighted by molar-refractivity contribution is -0.0286. The van der Waals surface area contributed by atoms with E-state index in [1.54, 1.807) is 5.57 Å². The molecule has 0 radical (unpaired) electrons. The molecule has 0 unspecified atom stereocenters. The monoisotopic (exact) mass is 398 g/mol. The van der Waals surface area contributed by atoms with Gasteiger partial charge in [0, 0.05) is 0 Å². The van der Waals surface area contributed by atoms with Crippen LogP contribution < -0.4 is 0 Å². The van der Waals surface area contributed by atoms with Crippen LogP contribution in [-0.2, 0) is 9.31 Å². The Hall–Kier alpha value is -0.575. The van der Waals surface area contributed by atoms with Gasteiger partial charge in [0.2, 0.25) is 0 Å². The normalized spacial score (nSPS) is 47.8. The van der Waals surface area contributed by atoms with E-state index in [1.165, 1.54) is 31.2 Å². The van der Waals surface area contributed by atoms with Gasteiger partial charge in [-0.2, -0.15) is 0 Å². The van der Waals surface area contributed by atoms with Gasteiger partial charge >= 0.3 is 7.12 Å². The minimum absolute atomic E-state index is 0.122. The van der Waals surface area contributed by atoms with Gasteiger partial charge in [0.05, 0.1) is 17.3 Å². The molecule has 0 amide bonds. The predicted octanol–water partition coefficient (Wildman–Crippen LogP) is 5.48. The number of aliphatic hydroxyl groups excluding tert-OH is 1. The van der Waals surface area contributed by atoms with Gasteiger partial charge in [0.25, 0.3) is 0 Å². The maximum absolute atomic E-state index is 10.2. The molecule has 1 saturated heterocycles. The smallest absolute Gasteiger partial charge is 0.400 e. The highest BCUT2D eigenvalue weighted by atomic mass is 16.7. The highest BCUT2D eigenvalue weighted by Crippen LogP contribution is 2.65. The van der Waals surface area contributed by atoms with Gasteiger partial charge < -0.3 is 14.4 Å². The Morgan fingerprint density at radius 2 is 1.52 bits per heavy atom. The van der Waals surface area contributed by atoms with E-state index in [4.69, 9.17) is 9.31 Å². The highest BCUT2D eigenvalue weighted by molar-refractivity contribution is 6.55. The number of aliphatic hydroxyl groups is 1. The van der Waals surface area contributed by atoms with Crippen LogP contribution in [0.1, 0.15) is 86.5 Å². The van der Waals surface area contributed by atoms with Gasteiger partial charge in [-0.15, -0.1) is 0 Å². The molecule has 160 valence electrons. The molecule has 2 saturated carbocycles. The fourth-order valence-electron chi connectivity index (χ4n) is 7.58. The first-order chi connectivity index (χ1) is 13.5. The van der Waals surface area contributed by atoms with Gasteiger partial charge in [-0.1, -0.05) is 31.6 Å². The second kappa shape index (κ2) is 6.23. The SMILES string of the molecule is CC1(C)OB(C2=CC[C@H]3[C@@H]4CC=C5C[C@@H](O)CC[C@]5(C)[C@H]4CC[C@]23C)OC1(C)C. The fourth-order valence-corrected chi connectivity index (χ4v) is 7.58. The van der Waals surface area contributed by atoms with Crippen molar-refractivity contribution in [3.63, 3.8) is 0 Å². The molecule has 3 nitrogen and oxygen atoms in total. The molecule has 0 bridgehead atoms. The van der Waals surface area contributed by atoms with Gasteiger partial charge in [-0.25, -0.2) is 0 Å². The van der Waals surface area contributed by atoms with E-state index in [2.05, 4.69) is 53.7 Å². The Morgan fingerprint density at radius 1 is 0.862 bits per heavy atom. The van der Waals surface area contributed by atoms with Crippen molar-refractivity contribution >= 4 is 7.12 Å². The van der Waals surface area contributed by atoms with Crippen LogP contribution in [0.2, 0.25) is 0 Å². The van der Waals surface area contributed by atoms with Crippen molar-refractivity contribution in [2.24, 2.45) is 28.6 Å². The van der Waals surface area contributed by atoms with Crippen LogP contribution in [0.4, 0.5) is 0 Å². The summed E-state index contributed by atoms with van der Waals surface area (Å²) >= 11 is 0. The van der Waals surface area contributed by atoms with Crippen LogP contribution in [-0.4, -0.2) is 29.5 Å². The molecule has 29 heavy (non-hydrogen) atoms. The van der Waals surface area contributed by atoms with Crippen molar-refractivity contribution < 1.29 is 14.4 Å². The summed E-state index contributed by atoms with van der Waals surface area (Å²) in [5, 5.41) is 10.2. The molecule has 0 aromatic carbocycles. The number of hydrogen-bond acceptors (Lipinski definition) is 3. The Morgan fingerprint density at radius 3 is 2.21 bits per heavy atom. The number of hydrogen-bond donors (Lipinski definition) is 1. The Kier molecular flexibility index (Phi) is 4.37. The Labute approximate surface area is 177 Å². The molecule has 5 aliphatic rings. The molecule has 5 rings (SSSR count). The topological polar surface area (TPSA) is 38.7 Å². The molecule has 0 spiro atoms. The maximum atomic E-state index is 10.2. The largest absolute Gasteiger partial charge is 0.490 e. The summed E-state index contributed by atoms with van der Waals surface area (Å²) in [6.07, 6.45) is 12.8. The summed E-state index contributed by atoms with van der Waals surface area (Å²) in [5.74, 6) is 2.20. The van der Waals surface area contributed by atoms with Gasteiger partial charge in [-0.05, 0) is 107 Å². The molecular formula is C25H39BO3. The molecule has 1 heterocycles. The van der Waals surface area contributed by atoms with E-state index in [-0.39, 0.29) is 29.8 Å². The summed E-state index contributed by atoms with van der Waals surface area (Å²) in [6, 6.07) is 0. The average Bonchev–Trinajstić information content (AvgIpc) is 3.08. The lowest BCUT2D eigenvalue weighted by atomic mass is 9.45. The van der Waals surface area contributed by atoms with E-state index in [9.17, 15) is 5.11 Å². The number of allylic oxidation sites excluding steroid dienone is 3. The first-order valence-corrected chi connectivity index (χ1v) is 11.9. The van der Waals surface area contributed by atoms with E-state index >= 15 is 0 Å². The molecule has 0 aromatic heterocycles. The zero-order valence-electron chi connectivity index (χ0n) is 19.3. The van der Waals surface area contributed by atoms with Crippen LogP contribution in [0.5, 0.6) is 0 Å².